The molecule has 0 aromatic heterocycles. The van der Waals surface area contributed by atoms with Crippen molar-refractivity contribution in [2.45, 2.75) is 38.1 Å². The van der Waals surface area contributed by atoms with Crippen LogP contribution in [0.15, 0.2) is 65.7 Å². The zero-order valence-corrected chi connectivity index (χ0v) is 15.4. The van der Waals surface area contributed by atoms with E-state index in [4.69, 9.17) is 10.00 Å². The van der Waals surface area contributed by atoms with Crippen molar-refractivity contribution in [3.63, 3.8) is 0 Å². The highest BCUT2D eigenvalue weighted by molar-refractivity contribution is 5.97. The zero-order valence-electron chi connectivity index (χ0n) is 15.4. The minimum absolute atomic E-state index is 0.0831. The third kappa shape index (κ3) is 4.71. The van der Waals surface area contributed by atoms with Gasteiger partial charge in [-0.05, 0) is 61.0 Å². The molecule has 1 aliphatic heterocycles. The van der Waals surface area contributed by atoms with E-state index in [1.807, 2.05) is 12.2 Å². The number of carbonyl (C=O) groups excluding carboxylic acids is 1. The molecule has 4 nitrogen and oxygen atoms in total. The van der Waals surface area contributed by atoms with Crippen LogP contribution in [0.5, 0.6) is 11.5 Å². The Balaban J connectivity index is 1.65. The summed E-state index contributed by atoms with van der Waals surface area (Å²) in [6.07, 6.45) is 9.17. The third-order valence-electron chi connectivity index (χ3n) is 4.65. The van der Waals surface area contributed by atoms with Crippen molar-refractivity contribution < 1.29 is 9.53 Å². The highest BCUT2D eigenvalue weighted by Gasteiger charge is 2.30. The van der Waals surface area contributed by atoms with Gasteiger partial charge in [0.25, 0.3) is 0 Å². The van der Waals surface area contributed by atoms with Crippen LogP contribution < -0.4 is 4.74 Å². The van der Waals surface area contributed by atoms with Gasteiger partial charge in [0.15, 0.2) is 5.78 Å². The van der Waals surface area contributed by atoms with E-state index < -0.39 is 0 Å². The second-order valence-corrected chi connectivity index (χ2v) is 6.71. The second kappa shape index (κ2) is 8.46. The lowest BCUT2D eigenvalue weighted by Crippen LogP contribution is -2.26. The highest BCUT2D eigenvalue weighted by atomic mass is 16.5. The summed E-state index contributed by atoms with van der Waals surface area (Å²) in [4.78, 5) is 17.3. The zero-order chi connectivity index (χ0) is 19.1. The Bertz CT molecular complexity index is 875. The fraction of sp³-hybridized carbons (Fsp3) is 0.261. The van der Waals surface area contributed by atoms with Gasteiger partial charge in [0, 0.05) is 18.2 Å². The minimum Gasteiger partial charge on any atom is -0.457 e. The van der Waals surface area contributed by atoms with E-state index in [0.29, 0.717) is 29.0 Å². The van der Waals surface area contributed by atoms with Gasteiger partial charge in [-0.2, -0.15) is 5.26 Å². The molecule has 0 amide bonds. The number of allylic oxidation sites excluding steroid dienone is 1. The van der Waals surface area contributed by atoms with Gasteiger partial charge < -0.3 is 4.74 Å². The molecule has 1 atom stereocenters. The first kappa shape index (κ1) is 18.6. The molecule has 4 heteroatoms. The Morgan fingerprint density at radius 1 is 1.11 bits per heavy atom. The number of ketones is 1. The molecule has 27 heavy (non-hydrogen) atoms. The summed E-state index contributed by atoms with van der Waals surface area (Å²) in [5, 5.41) is 8.83. The molecule has 0 radical (unpaired) electrons. The summed E-state index contributed by atoms with van der Waals surface area (Å²) in [5.41, 5.74) is 0.863. The third-order valence-corrected chi connectivity index (χ3v) is 4.65. The van der Waals surface area contributed by atoms with Crippen LogP contribution in [0.4, 0.5) is 0 Å². The topological polar surface area (TPSA) is 62.5 Å². The van der Waals surface area contributed by atoms with Crippen molar-refractivity contribution in [1.82, 2.24) is 0 Å². The largest absolute Gasteiger partial charge is 0.457 e. The molecule has 1 heterocycles. The molecule has 0 saturated carbocycles. The average molecular weight is 358 g/mol. The molecule has 0 fully saturated rings. The fourth-order valence-electron chi connectivity index (χ4n) is 3.10. The molecule has 1 aliphatic rings. The van der Waals surface area contributed by atoms with Gasteiger partial charge in [0.1, 0.15) is 11.5 Å². The number of nitrogens with zero attached hydrogens (tertiary/aromatic N) is 2. The molecule has 0 N–H and O–H groups in total. The maximum atomic E-state index is 12.7. The van der Waals surface area contributed by atoms with Crippen LogP contribution >= 0.6 is 0 Å². The SMILES string of the molecule is CCCCC1(CC(=O)c2ccc(Oc3ccc(C#N)cc3)cc2)C=CC=N1. The van der Waals surface area contributed by atoms with E-state index in [0.717, 1.165) is 19.3 Å². The van der Waals surface area contributed by atoms with Gasteiger partial charge in [0.2, 0.25) is 0 Å². The smallest absolute Gasteiger partial charge is 0.165 e. The van der Waals surface area contributed by atoms with E-state index in [1.54, 1.807) is 54.7 Å². The summed E-state index contributed by atoms with van der Waals surface area (Å²) in [7, 11) is 0. The molecule has 2 aromatic rings. The lowest BCUT2D eigenvalue weighted by Gasteiger charge is -2.23. The number of Topliss-reactive ketones (excluding diaryl/α,β-unsaturated/α-hetero) is 1. The molecule has 1 unspecified atom stereocenters. The van der Waals surface area contributed by atoms with E-state index in [2.05, 4.69) is 18.0 Å². The first-order valence-electron chi connectivity index (χ1n) is 9.18. The maximum Gasteiger partial charge on any atom is 0.165 e. The van der Waals surface area contributed by atoms with Gasteiger partial charge in [-0.1, -0.05) is 25.8 Å². The minimum atomic E-state index is -0.384. The van der Waals surface area contributed by atoms with Crippen molar-refractivity contribution in [3.8, 4) is 17.6 Å². The monoisotopic (exact) mass is 358 g/mol. The number of benzene rings is 2. The molecule has 0 aliphatic carbocycles. The summed E-state index contributed by atoms with van der Waals surface area (Å²) >= 11 is 0. The molecule has 0 bridgehead atoms. The molecular weight excluding hydrogens is 336 g/mol. The Morgan fingerprint density at radius 2 is 1.78 bits per heavy atom. The van der Waals surface area contributed by atoms with Crippen LogP contribution in [0.3, 0.4) is 0 Å². The van der Waals surface area contributed by atoms with Crippen molar-refractivity contribution in [1.29, 1.82) is 5.26 Å². The number of aliphatic imine (C=N–C) groups is 1. The van der Waals surface area contributed by atoms with Gasteiger partial charge in [-0.15, -0.1) is 0 Å². The molecule has 0 spiro atoms. The highest BCUT2D eigenvalue weighted by Crippen LogP contribution is 2.30. The first-order chi connectivity index (χ1) is 13.1. The van der Waals surface area contributed by atoms with Crippen LogP contribution in [0, 0.1) is 11.3 Å². The van der Waals surface area contributed by atoms with Gasteiger partial charge in [-0.25, -0.2) is 0 Å². The summed E-state index contributed by atoms with van der Waals surface area (Å²) in [5.74, 6) is 1.38. The van der Waals surface area contributed by atoms with Gasteiger partial charge >= 0.3 is 0 Å². The molecule has 0 saturated heterocycles. The molecular formula is C23H22N2O2. The number of ether oxygens (including phenoxy) is 1. The van der Waals surface area contributed by atoms with Crippen molar-refractivity contribution in [3.05, 3.63) is 71.8 Å². The quantitative estimate of drug-likeness (QED) is 0.586. The Labute approximate surface area is 159 Å². The summed E-state index contributed by atoms with van der Waals surface area (Å²) < 4.78 is 5.76. The predicted molar refractivity (Wildman–Crippen MR) is 107 cm³/mol. The molecule has 2 aromatic carbocycles. The van der Waals surface area contributed by atoms with Crippen molar-refractivity contribution in [2.75, 3.05) is 0 Å². The summed E-state index contributed by atoms with van der Waals surface area (Å²) in [6, 6.07) is 16.1. The standard InChI is InChI=1S/C23H22N2O2/c1-2-3-13-23(14-4-15-25-23)16-22(26)19-7-11-21(12-8-19)27-20-9-5-18(17-24)6-10-20/h4-12,14-15H,2-3,13,16H2,1H3. The first-order valence-corrected chi connectivity index (χ1v) is 9.18. The lowest BCUT2D eigenvalue weighted by molar-refractivity contribution is 0.0960. The number of hydrogen-bond acceptors (Lipinski definition) is 4. The van der Waals surface area contributed by atoms with Crippen LogP contribution in [-0.2, 0) is 0 Å². The van der Waals surface area contributed by atoms with Crippen LogP contribution in [0.2, 0.25) is 0 Å². The fourth-order valence-corrected chi connectivity index (χ4v) is 3.10. The predicted octanol–water partition coefficient (Wildman–Crippen LogP) is 5.49. The van der Waals surface area contributed by atoms with Crippen LogP contribution in [-0.4, -0.2) is 17.5 Å². The van der Waals surface area contributed by atoms with E-state index in [-0.39, 0.29) is 11.3 Å². The summed E-state index contributed by atoms with van der Waals surface area (Å²) in [6.45, 7) is 2.14. The van der Waals surface area contributed by atoms with Gasteiger partial charge in [0.05, 0.1) is 17.2 Å². The Morgan fingerprint density at radius 3 is 2.33 bits per heavy atom. The lowest BCUT2D eigenvalue weighted by atomic mass is 9.87. The van der Waals surface area contributed by atoms with E-state index >= 15 is 0 Å². The second-order valence-electron chi connectivity index (χ2n) is 6.71. The number of nitriles is 1. The number of hydrogen-bond donors (Lipinski definition) is 0. The van der Waals surface area contributed by atoms with Crippen LogP contribution in [0.1, 0.15) is 48.5 Å². The average Bonchev–Trinajstić information content (AvgIpc) is 3.16. The maximum absolute atomic E-state index is 12.7. The van der Waals surface area contributed by atoms with E-state index in [1.165, 1.54) is 0 Å². The Kier molecular flexibility index (Phi) is 5.83. The van der Waals surface area contributed by atoms with Gasteiger partial charge in [-0.3, -0.25) is 9.79 Å². The van der Waals surface area contributed by atoms with Crippen molar-refractivity contribution in [2.24, 2.45) is 4.99 Å². The normalized spacial score (nSPS) is 17.6. The van der Waals surface area contributed by atoms with Crippen LogP contribution in [0.25, 0.3) is 0 Å². The molecule has 3 rings (SSSR count). The number of carbonyl (C=O) groups is 1. The van der Waals surface area contributed by atoms with E-state index in [9.17, 15) is 4.79 Å². The molecule has 136 valence electrons. The van der Waals surface area contributed by atoms with Crippen molar-refractivity contribution >= 4 is 12.0 Å². The number of unbranched alkanes of at least 4 members (excludes halogenated alkanes) is 1. The number of rotatable bonds is 8. The Hall–Kier alpha value is -3.19.